The molecule has 0 N–H and O–H groups in total. The Balaban J connectivity index is 1.71. The first-order chi connectivity index (χ1) is 10.4. The average Bonchev–Trinajstić information content (AvgIpc) is 2.57. The molecular formula is C18H18N2O. The zero-order valence-corrected chi connectivity index (χ0v) is 11.9. The van der Waals surface area contributed by atoms with Crippen molar-refractivity contribution in [3.05, 3.63) is 48.8 Å². The van der Waals surface area contributed by atoms with Crippen molar-refractivity contribution >= 4 is 0 Å². The fourth-order valence-corrected chi connectivity index (χ4v) is 2.82. The van der Waals surface area contributed by atoms with Gasteiger partial charge in [0.1, 0.15) is 11.9 Å². The van der Waals surface area contributed by atoms with E-state index in [9.17, 15) is 5.26 Å². The largest absolute Gasteiger partial charge is 0.489 e. The Kier molecular flexibility index (Phi) is 4.16. The van der Waals surface area contributed by atoms with Gasteiger partial charge in [-0.15, -0.1) is 0 Å². The van der Waals surface area contributed by atoms with E-state index in [-0.39, 0.29) is 12.0 Å². The predicted octanol–water partition coefficient (Wildman–Crippen LogP) is 4.21. The second kappa shape index (κ2) is 6.41. The Bertz CT molecular complexity index is 616. The summed E-state index contributed by atoms with van der Waals surface area (Å²) in [7, 11) is 0. The van der Waals surface area contributed by atoms with Gasteiger partial charge in [-0.3, -0.25) is 4.98 Å². The summed E-state index contributed by atoms with van der Waals surface area (Å²) < 4.78 is 6.01. The van der Waals surface area contributed by atoms with Crippen LogP contribution >= 0.6 is 0 Å². The molecule has 3 heteroatoms. The molecule has 1 aromatic heterocycles. The van der Waals surface area contributed by atoms with Gasteiger partial charge in [-0.2, -0.15) is 5.26 Å². The van der Waals surface area contributed by atoms with E-state index in [4.69, 9.17) is 4.74 Å². The third-order valence-corrected chi connectivity index (χ3v) is 4.01. The minimum atomic E-state index is 0.0248. The number of ether oxygens (including phenoxy) is 1. The lowest BCUT2D eigenvalue weighted by Crippen LogP contribution is -2.29. The van der Waals surface area contributed by atoms with Crippen molar-refractivity contribution in [1.29, 1.82) is 5.26 Å². The van der Waals surface area contributed by atoms with Gasteiger partial charge >= 0.3 is 0 Å². The number of aromatic nitrogens is 1. The summed E-state index contributed by atoms with van der Waals surface area (Å²) in [6, 6.07) is 14.4. The zero-order chi connectivity index (χ0) is 14.5. The summed E-state index contributed by atoms with van der Waals surface area (Å²) in [4.78, 5) is 4.13. The number of pyridine rings is 1. The lowest BCUT2D eigenvalue weighted by atomic mass is 9.87. The lowest BCUT2D eigenvalue weighted by Gasteiger charge is -2.27. The first-order valence-electron chi connectivity index (χ1n) is 7.43. The molecule has 2 atom stereocenters. The van der Waals surface area contributed by atoms with Crippen molar-refractivity contribution in [3.8, 4) is 22.9 Å². The Morgan fingerprint density at radius 1 is 1.05 bits per heavy atom. The Labute approximate surface area is 125 Å². The van der Waals surface area contributed by atoms with E-state index < -0.39 is 0 Å². The fraction of sp³-hybridized carbons (Fsp3) is 0.333. The molecule has 1 aliphatic carbocycles. The van der Waals surface area contributed by atoms with Crippen LogP contribution in [0.1, 0.15) is 25.7 Å². The summed E-state index contributed by atoms with van der Waals surface area (Å²) in [5.41, 5.74) is 2.22. The average molecular weight is 278 g/mol. The molecule has 1 aliphatic rings. The van der Waals surface area contributed by atoms with Crippen LogP contribution in [0.3, 0.4) is 0 Å². The molecule has 1 aromatic carbocycles. The third-order valence-electron chi connectivity index (χ3n) is 4.01. The quantitative estimate of drug-likeness (QED) is 0.844. The Morgan fingerprint density at radius 3 is 2.57 bits per heavy atom. The number of hydrogen-bond donors (Lipinski definition) is 0. The Hall–Kier alpha value is -2.34. The third kappa shape index (κ3) is 3.22. The molecule has 3 nitrogen and oxygen atoms in total. The monoisotopic (exact) mass is 278 g/mol. The molecule has 1 saturated carbocycles. The van der Waals surface area contributed by atoms with Crippen molar-refractivity contribution in [3.63, 3.8) is 0 Å². The standard InChI is InChI=1S/C18H18N2O/c19-12-15-4-1-2-6-18(15)21-17-9-7-14(8-10-17)16-5-3-11-20-13-16/h3,5,7-11,13,15,18H,1-2,4,6H2. The van der Waals surface area contributed by atoms with Crippen molar-refractivity contribution in [2.45, 2.75) is 31.8 Å². The molecular weight excluding hydrogens is 260 g/mol. The number of nitriles is 1. The minimum Gasteiger partial charge on any atom is -0.489 e. The van der Waals surface area contributed by atoms with Gasteiger partial charge in [0.05, 0.1) is 12.0 Å². The Morgan fingerprint density at radius 2 is 1.86 bits per heavy atom. The first-order valence-corrected chi connectivity index (χ1v) is 7.43. The second-order valence-electron chi connectivity index (χ2n) is 5.44. The topological polar surface area (TPSA) is 45.9 Å². The van der Waals surface area contributed by atoms with Crippen LogP contribution in [0.5, 0.6) is 5.75 Å². The highest BCUT2D eigenvalue weighted by molar-refractivity contribution is 5.62. The molecule has 21 heavy (non-hydrogen) atoms. The summed E-state index contributed by atoms with van der Waals surface area (Å²) >= 11 is 0. The van der Waals surface area contributed by atoms with E-state index >= 15 is 0 Å². The number of benzene rings is 1. The van der Waals surface area contributed by atoms with Crippen LogP contribution < -0.4 is 4.74 Å². The highest BCUT2D eigenvalue weighted by Crippen LogP contribution is 2.29. The molecule has 0 amide bonds. The zero-order valence-electron chi connectivity index (χ0n) is 11.9. The van der Waals surface area contributed by atoms with Gasteiger partial charge in [0, 0.05) is 12.4 Å². The van der Waals surface area contributed by atoms with Crippen LogP contribution in [0, 0.1) is 17.2 Å². The molecule has 0 bridgehead atoms. The van der Waals surface area contributed by atoms with Gasteiger partial charge in [-0.1, -0.05) is 24.6 Å². The molecule has 0 saturated heterocycles. The maximum absolute atomic E-state index is 9.20. The smallest absolute Gasteiger partial charge is 0.119 e. The molecule has 2 aromatic rings. The molecule has 3 rings (SSSR count). The molecule has 0 spiro atoms. The summed E-state index contributed by atoms with van der Waals surface area (Å²) in [5, 5.41) is 9.20. The van der Waals surface area contributed by atoms with Gasteiger partial charge in [-0.25, -0.2) is 0 Å². The van der Waals surface area contributed by atoms with Crippen molar-refractivity contribution in [2.24, 2.45) is 5.92 Å². The van der Waals surface area contributed by atoms with E-state index in [1.165, 1.54) is 0 Å². The molecule has 106 valence electrons. The van der Waals surface area contributed by atoms with Crippen LogP contribution in [0.2, 0.25) is 0 Å². The second-order valence-corrected chi connectivity index (χ2v) is 5.44. The minimum absolute atomic E-state index is 0.0248. The summed E-state index contributed by atoms with van der Waals surface area (Å²) in [5.74, 6) is 0.867. The van der Waals surface area contributed by atoms with E-state index in [1.807, 2.05) is 42.6 Å². The van der Waals surface area contributed by atoms with Gasteiger partial charge in [0.2, 0.25) is 0 Å². The normalized spacial score (nSPS) is 21.5. The van der Waals surface area contributed by atoms with Gasteiger partial charge < -0.3 is 4.74 Å². The number of hydrogen-bond acceptors (Lipinski definition) is 3. The SMILES string of the molecule is N#CC1CCCCC1Oc1ccc(-c2cccnc2)cc1. The van der Waals surface area contributed by atoms with Gasteiger partial charge in [0.15, 0.2) is 0 Å². The van der Waals surface area contributed by atoms with E-state index in [1.54, 1.807) is 6.20 Å². The fourth-order valence-electron chi connectivity index (χ4n) is 2.82. The van der Waals surface area contributed by atoms with E-state index in [0.717, 1.165) is 42.6 Å². The highest BCUT2D eigenvalue weighted by atomic mass is 16.5. The maximum Gasteiger partial charge on any atom is 0.119 e. The summed E-state index contributed by atoms with van der Waals surface area (Å²) in [6.45, 7) is 0. The molecule has 1 fully saturated rings. The van der Waals surface area contributed by atoms with E-state index in [2.05, 4.69) is 11.1 Å². The molecule has 2 unspecified atom stereocenters. The van der Waals surface area contributed by atoms with Gasteiger partial charge in [-0.05, 0) is 48.6 Å². The van der Waals surface area contributed by atoms with Crippen LogP contribution in [-0.4, -0.2) is 11.1 Å². The van der Waals surface area contributed by atoms with Crippen LogP contribution in [0.15, 0.2) is 48.8 Å². The van der Waals surface area contributed by atoms with Crippen molar-refractivity contribution in [2.75, 3.05) is 0 Å². The molecule has 0 radical (unpaired) electrons. The van der Waals surface area contributed by atoms with Crippen LogP contribution in [0.25, 0.3) is 11.1 Å². The van der Waals surface area contributed by atoms with Crippen LogP contribution in [0.4, 0.5) is 0 Å². The van der Waals surface area contributed by atoms with Crippen LogP contribution in [-0.2, 0) is 0 Å². The molecule has 0 aliphatic heterocycles. The maximum atomic E-state index is 9.20. The summed E-state index contributed by atoms with van der Waals surface area (Å²) in [6.07, 6.45) is 7.87. The van der Waals surface area contributed by atoms with Gasteiger partial charge in [0.25, 0.3) is 0 Å². The first kappa shape index (κ1) is 13.6. The molecule has 1 heterocycles. The van der Waals surface area contributed by atoms with Crippen molar-refractivity contribution < 1.29 is 4.74 Å². The lowest BCUT2D eigenvalue weighted by molar-refractivity contribution is 0.120. The van der Waals surface area contributed by atoms with E-state index in [0.29, 0.717) is 0 Å². The predicted molar refractivity (Wildman–Crippen MR) is 81.7 cm³/mol. The van der Waals surface area contributed by atoms with Crippen molar-refractivity contribution in [1.82, 2.24) is 4.98 Å². The highest BCUT2D eigenvalue weighted by Gasteiger charge is 2.26. The number of nitrogens with zero attached hydrogens (tertiary/aromatic N) is 2. The number of rotatable bonds is 3.